The Morgan fingerprint density at radius 3 is 2.47 bits per heavy atom. The molecule has 0 spiro atoms. The monoisotopic (exact) mass is 237 g/mol. The van der Waals surface area contributed by atoms with Gasteiger partial charge in [-0.15, -0.1) is 0 Å². The second-order valence-electron chi connectivity index (χ2n) is 3.36. The Balaban J connectivity index is 3.23. The normalized spacial score (nSPS) is 12.9. The standard InChI is InChI=1S/C10H11ClF3N/c1-5(2-3-15)8-6(12)4-7(13)9(11)10(8)14/h4-5H,2-3,15H2,1H3. The molecule has 5 heteroatoms. The first-order chi connectivity index (χ1) is 6.99. The smallest absolute Gasteiger partial charge is 0.151 e. The molecule has 0 fully saturated rings. The molecule has 1 atom stereocenters. The predicted molar refractivity (Wildman–Crippen MR) is 53.4 cm³/mol. The van der Waals surface area contributed by atoms with E-state index in [1.54, 1.807) is 6.92 Å². The van der Waals surface area contributed by atoms with Gasteiger partial charge < -0.3 is 5.73 Å². The first-order valence-electron chi connectivity index (χ1n) is 4.52. The Labute approximate surface area is 91.0 Å². The molecule has 0 aliphatic carbocycles. The second kappa shape index (κ2) is 4.86. The van der Waals surface area contributed by atoms with Gasteiger partial charge in [-0.05, 0) is 18.9 Å². The van der Waals surface area contributed by atoms with Crippen LogP contribution in [0.2, 0.25) is 5.02 Å². The minimum absolute atomic E-state index is 0.202. The van der Waals surface area contributed by atoms with E-state index in [2.05, 4.69) is 0 Å². The Kier molecular flexibility index (Phi) is 3.99. The van der Waals surface area contributed by atoms with Gasteiger partial charge in [0.1, 0.15) is 16.7 Å². The van der Waals surface area contributed by atoms with Crippen molar-refractivity contribution in [2.45, 2.75) is 19.3 Å². The summed E-state index contributed by atoms with van der Waals surface area (Å²) < 4.78 is 39.6. The lowest BCUT2D eigenvalue weighted by Crippen LogP contribution is -2.09. The summed E-state index contributed by atoms with van der Waals surface area (Å²) in [6, 6.07) is 0.591. The van der Waals surface area contributed by atoms with Crippen LogP contribution in [0.25, 0.3) is 0 Å². The third kappa shape index (κ3) is 2.44. The van der Waals surface area contributed by atoms with Gasteiger partial charge in [0.2, 0.25) is 0 Å². The van der Waals surface area contributed by atoms with Gasteiger partial charge in [0.05, 0.1) is 0 Å². The van der Waals surface area contributed by atoms with Gasteiger partial charge in [0.15, 0.2) is 5.82 Å². The Morgan fingerprint density at radius 2 is 1.93 bits per heavy atom. The summed E-state index contributed by atoms with van der Waals surface area (Å²) in [7, 11) is 0. The van der Waals surface area contributed by atoms with Crippen LogP contribution < -0.4 is 5.73 Å². The van der Waals surface area contributed by atoms with Gasteiger partial charge in [0.25, 0.3) is 0 Å². The first-order valence-corrected chi connectivity index (χ1v) is 4.89. The third-order valence-electron chi connectivity index (χ3n) is 2.24. The number of rotatable bonds is 3. The molecule has 1 rings (SSSR count). The van der Waals surface area contributed by atoms with Gasteiger partial charge in [-0.3, -0.25) is 0 Å². The fraction of sp³-hybridized carbons (Fsp3) is 0.400. The maximum absolute atomic E-state index is 13.4. The molecule has 0 aliphatic heterocycles. The van der Waals surface area contributed by atoms with Crippen molar-refractivity contribution in [3.05, 3.63) is 34.1 Å². The maximum Gasteiger partial charge on any atom is 0.151 e. The molecule has 15 heavy (non-hydrogen) atoms. The Bertz CT molecular complexity index is 368. The van der Waals surface area contributed by atoms with E-state index in [9.17, 15) is 13.2 Å². The van der Waals surface area contributed by atoms with Crippen LogP contribution in [0, 0.1) is 17.5 Å². The molecule has 0 amide bonds. The number of halogens is 4. The second-order valence-corrected chi connectivity index (χ2v) is 3.74. The molecular weight excluding hydrogens is 227 g/mol. The Hall–Kier alpha value is -0.740. The van der Waals surface area contributed by atoms with Crippen LogP contribution in [-0.2, 0) is 0 Å². The van der Waals surface area contributed by atoms with Gasteiger partial charge in [0, 0.05) is 11.6 Å². The summed E-state index contributed by atoms with van der Waals surface area (Å²) in [5.74, 6) is -3.46. The highest BCUT2D eigenvalue weighted by Gasteiger charge is 2.21. The minimum atomic E-state index is -1.09. The molecule has 1 aromatic carbocycles. The quantitative estimate of drug-likeness (QED) is 0.634. The van der Waals surface area contributed by atoms with E-state index in [4.69, 9.17) is 17.3 Å². The SMILES string of the molecule is CC(CCN)c1c(F)cc(F)c(Cl)c1F. The van der Waals surface area contributed by atoms with Gasteiger partial charge in [-0.1, -0.05) is 18.5 Å². The maximum atomic E-state index is 13.4. The zero-order valence-corrected chi connectivity index (χ0v) is 8.91. The molecule has 0 radical (unpaired) electrons. The van der Waals surface area contributed by atoms with E-state index in [0.29, 0.717) is 19.0 Å². The van der Waals surface area contributed by atoms with E-state index >= 15 is 0 Å². The van der Waals surface area contributed by atoms with Gasteiger partial charge in [-0.25, -0.2) is 13.2 Å². The predicted octanol–water partition coefficient (Wildman–Crippen LogP) is 3.21. The lowest BCUT2D eigenvalue weighted by Gasteiger charge is -2.13. The molecular formula is C10H11ClF3N. The molecule has 0 aromatic heterocycles. The summed E-state index contributed by atoms with van der Waals surface area (Å²) in [6.07, 6.45) is 0.413. The van der Waals surface area contributed by atoms with Gasteiger partial charge >= 0.3 is 0 Å². The summed E-state index contributed by atoms with van der Waals surface area (Å²) in [5.41, 5.74) is 5.08. The van der Waals surface area contributed by atoms with E-state index in [1.165, 1.54) is 0 Å². The lowest BCUT2D eigenvalue weighted by atomic mass is 9.96. The van der Waals surface area contributed by atoms with Crippen molar-refractivity contribution in [3.63, 3.8) is 0 Å². The van der Waals surface area contributed by atoms with E-state index < -0.39 is 28.4 Å². The topological polar surface area (TPSA) is 26.0 Å². The van der Waals surface area contributed by atoms with E-state index in [-0.39, 0.29) is 5.56 Å². The molecule has 0 aliphatic rings. The van der Waals surface area contributed by atoms with Crippen molar-refractivity contribution in [2.24, 2.45) is 5.73 Å². The van der Waals surface area contributed by atoms with Crippen LogP contribution in [0.5, 0.6) is 0 Å². The number of benzene rings is 1. The van der Waals surface area contributed by atoms with Crippen molar-refractivity contribution in [1.29, 1.82) is 0 Å². The van der Waals surface area contributed by atoms with Crippen molar-refractivity contribution in [1.82, 2.24) is 0 Å². The first kappa shape index (κ1) is 12.3. The lowest BCUT2D eigenvalue weighted by molar-refractivity contribution is 0.501. The van der Waals surface area contributed by atoms with Crippen molar-refractivity contribution >= 4 is 11.6 Å². The number of hydrogen-bond donors (Lipinski definition) is 1. The highest BCUT2D eigenvalue weighted by molar-refractivity contribution is 6.30. The summed E-state index contributed by atoms with van der Waals surface area (Å²) in [6.45, 7) is 1.91. The van der Waals surface area contributed by atoms with Crippen LogP contribution in [0.3, 0.4) is 0 Å². The van der Waals surface area contributed by atoms with Crippen LogP contribution in [0.4, 0.5) is 13.2 Å². The Morgan fingerprint density at radius 1 is 1.33 bits per heavy atom. The highest BCUT2D eigenvalue weighted by atomic mass is 35.5. The average Bonchev–Trinajstić information content (AvgIpc) is 2.15. The summed E-state index contributed by atoms with van der Waals surface area (Å²) in [4.78, 5) is 0. The van der Waals surface area contributed by atoms with Crippen LogP contribution >= 0.6 is 11.6 Å². The molecule has 0 saturated carbocycles. The molecule has 0 heterocycles. The largest absolute Gasteiger partial charge is 0.330 e. The zero-order valence-electron chi connectivity index (χ0n) is 8.16. The molecule has 2 N–H and O–H groups in total. The zero-order chi connectivity index (χ0) is 11.6. The van der Waals surface area contributed by atoms with Crippen LogP contribution in [-0.4, -0.2) is 6.54 Å². The molecule has 1 unspecified atom stereocenters. The van der Waals surface area contributed by atoms with Crippen molar-refractivity contribution in [2.75, 3.05) is 6.54 Å². The molecule has 1 aromatic rings. The number of hydrogen-bond acceptors (Lipinski definition) is 1. The summed E-state index contributed by atoms with van der Waals surface area (Å²) >= 11 is 5.35. The average molecular weight is 238 g/mol. The van der Waals surface area contributed by atoms with Gasteiger partial charge in [-0.2, -0.15) is 0 Å². The summed E-state index contributed by atoms with van der Waals surface area (Å²) in [5, 5.41) is -0.671. The van der Waals surface area contributed by atoms with E-state index in [1.807, 2.05) is 0 Å². The van der Waals surface area contributed by atoms with Crippen LogP contribution in [0.15, 0.2) is 6.07 Å². The third-order valence-corrected chi connectivity index (χ3v) is 2.59. The van der Waals surface area contributed by atoms with Crippen molar-refractivity contribution < 1.29 is 13.2 Å². The van der Waals surface area contributed by atoms with E-state index in [0.717, 1.165) is 0 Å². The highest BCUT2D eigenvalue weighted by Crippen LogP contribution is 2.30. The number of nitrogens with two attached hydrogens (primary N) is 1. The molecule has 1 nitrogen and oxygen atoms in total. The minimum Gasteiger partial charge on any atom is -0.330 e. The molecule has 0 bridgehead atoms. The van der Waals surface area contributed by atoms with Crippen molar-refractivity contribution in [3.8, 4) is 0 Å². The molecule has 0 saturated heterocycles. The fourth-order valence-corrected chi connectivity index (χ4v) is 1.58. The molecule has 84 valence electrons. The van der Waals surface area contributed by atoms with Crippen LogP contribution in [0.1, 0.15) is 24.8 Å². The fourth-order valence-electron chi connectivity index (χ4n) is 1.43.